The largest absolute Gasteiger partial charge is 0.444 e. The number of carbonyl (C=O) groups excluding carboxylic acids is 1. The van der Waals surface area contributed by atoms with Gasteiger partial charge < -0.3 is 9.84 Å². The van der Waals surface area contributed by atoms with Crippen molar-refractivity contribution in [3.05, 3.63) is 23.8 Å². The molecule has 0 aliphatic heterocycles. The lowest BCUT2D eigenvalue weighted by atomic mass is 10.2. The van der Waals surface area contributed by atoms with Crippen LogP contribution in [-0.2, 0) is 11.3 Å². The molecule has 5 nitrogen and oxygen atoms in total. The highest BCUT2D eigenvalue weighted by Gasteiger charge is 2.18. The van der Waals surface area contributed by atoms with Gasteiger partial charge in [-0.05, 0) is 26.8 Å². The van der Waals surface area contributed by atoms with E-state index in [0.29, 0.717) is 0 Å². The molecule has 17 heavy (non-hydrogen) atoms. The van der Waals surface area contributed by atoms with Gasteiger partial charge in [0.2, 0.25) is 0 Å². The van der Waals surface area contributed by atoms with Gasteiger partial charge >= 0.3 is 6.09 Å². The molecular formula is C11H15FN2O3. The Hall–Kier alpha value is -1.69. The molecule has 0 unspecified atom stereocenters. The van der Waals surface area contributed by atoms with Crippen molar-refractivity contribution in [1.82, 2.24) is 4.98 Å². The van der Waals surface area contributed by atoms with Crippen LogP contribution in [0.15, 0.2) is 12.3 Å². The zero-order chi connectivity index (χ0) is 13.1. The van der Waals surface area contributed by atoms with Crippen molar-refractivity contribution in [1.29, 1.82) is 0 Å². The molecule has 1 amide bonds. The van der Waals surface area contributed by atoms with E-state index in [0.717, 1.165) is 0 Å². The summed E-state index contributed by atoms with van der Waals surface area (Å²) in [4.78, 5) is 15.0. The number of nitrogens with zero attached hydrogens (tertiary/aromatic N) is 1. The number of nitrogens with one attached hydrogen (secondary N) is 1. The second-order valence-electron chi connectivity index (χ2n) is 4.40. The fraction of sp³-hybridized carbons (Fsp3) is 0.455. The number of carbonyl (C=O) groups is 1. The summed E-state index contributed by atoms with van der Waals surface area (Å²) in [6, 6.07) is 1.29. The van der Waals surface area contributed by atoms with Gasteiger partial charge in [0, 0.05) is 6.20 Å². The summed E-state index contributed by atoms with van der Waals surface area (Å²) in [6.07, 6.45) is 0.535. The van der Waals surface area contributed by atoms with Gasteiger partial charge in [-0.15, -0.1) is 0 Å². The van der Waals surface area contributed by atoms with Crippen LogP contribution in [0.25, 0.3) is 0 Å². The summed E-state index contributed by atoms with van der Waals surface area (Å²) in [6.45, 7) is 4.58. The summed E-state index contributed by atoms with van der Waals surface area (Å²) in [7, 11) is 0. The monoisotopic (exact) mass is 242 g/mol. The third-order valence-corrected chi connectivity index (χ3v) is 1.75. The maximum atomic E-state index is 13.6. The summed E-state index contributed by atoms with van der Waals surface area (Å²) in [5, 5.41) is 11.1. The molecule has 0 atom stereocenters. The maximum absolute atomic E-state index is 13.6. The molecule has 6 heteroatoms. The number of hydrogen-bond acceptors (Lipinski definition) is 4. The molecule has 1 rings (SSSR count). The molecule has 0 saturated heterocycles. The van der Waals surface area contributed by atoms with E-state index in [-0.39, 0.29) is 11.4 Å². The molecule has 0 spiro atoms. The van der Waals surface area contributed by atoms with Crippen molar-refractivity contribution >= 4 is 11.8 Å². The molecule has 1 aromatic rings. The van der Waals surface area contributed by atoms with Gasteiger partial charge in [0.05, 0.1) is 12.3 Å². The van der Waals surface area contributed by atoms with Crippen LogP contribution in [0, 0.1) is 5.82 Å². The minimum Gasteiger partial charge on any atom is -0.444 e. The van der Waals surface area contributed by atoms with Gasteiger partial charge in [-0.3, -0.25) is 10.3 Å². The van der Waals surface area contributed by atoms with Crippen LogP contribution in [0.2, 0.25) is 0 Å². The Bertz CT molecular complexity index is 416. The predicted octanol–water partition coefficient (Wildman–Crippen LogP) is 2.06. The van der Waals surface area contributed by atoms with Gasteiger partial charge in [-0.2, -0.15) is 0 Å². The van der Waals surface area contributed by atoms with Crippen LogP contribution in [0.1, 0.15) is 26.5 Å². The highest BCUT2D eigenvalue weighted by molar-refractivity contribution is 5.85. The molecule has 1 aromatic heterocycles. The molecule has 0 aromatic carbocycles. The smallest absolute Gasteiger partial charge is 0.412 e. The number of aliphatic hydroxyl groups excluding tert-OH is 1. The van der Waals surface area contributed by atoms with E-state index >= 15 is 0 Å². The minimum absolute atomic E-state index is 0.0710. The van der Waals surface area contributed by atoms with Crippen LogP contribution >= 0.6 is 0 Å². The molecule has 0 fully saturated rings. The molecule has 0 bridgehead atoms. The Morgan fingerprint density at radius 1 is 1.59 bits per heavy atom. The fourth-order valence-corrected chi connectivity index (χ4v) is 1.11. The van der Waals surface area contributed by atoms with Crippen molar-refractivity contribution in [2.24, 2.45) is 0 Å². The van der Waals surface area contributed by atoms with Gasteiger partial charge in [0.1, 0.15) is 11.3 Å². The van der Waals surface area contributed by atoms with Crippen molar-refractivity contribution in [2.75, 3.05) is 5.32 Å². The molecule has 2 N–H and O–H groups in total. The van der Waals surface area contributed by atoms with Crippen molar-refractivity contribution < 1.29 is 19.0 Å². The lowest BCUT2D eigenvalue weighted by Gasteiger charge is -2.19. The average molecular weight is 242 g/mol. The van der Waals surface area contributed by atoms with Crippen LogP contribution in [0.4, 0.5) is 14.9 Å². The maximum Gasteiger partial charge on any atom is 0.412 e. The third-order valence-electron chi connectivity index (χ3n) is 1.75. The number of aliphatic hydroxyl groups is 1. The Balaban J connectivity index is 2.79. The summed E-state index contributed by atoms with van der Waals surface area (Å²) < 4.78 is 18.5. The Labute approximate surface area is 98.6 Å². The Morgan fingerprint density at radius 2 is 2.24 bits per heavy atom. The van der Waals surface area contributed by atoms with E-state index in [1.165, 1.54) is 12.3 Å². The van der Waals surface area contributed by atoms with E-state index in [1.807, 2.05) is 0 Å². The van der Waals surface area contributed by atoms with E-state index in [2.05, 4.69) is 10.3 Å². The number of pyridine rings is 1. The molecule has 0 aliphatic carbocycles. The van der Waals surface area contributed by atoms with Crippen LogP contribution in [0.5, 0.6) is 0 Å². The zero-order valence-corrected chi connectivity index (χ0v) is 9.95. The van der Waals surface area contributed by atoms with Gasteiger partial charge in [0.15, 0.2) is 5.82 Å². The molecule has 0 saturated carbocycles. The molecule has 0 aliphatic rings. The quantitative estimate of drug-likeness (QED) is 0.832. The highest BCUT2D eigenvalue weighted by atomic mass is 19.1. The van der Waals surface area contributed by atoms with Gasteiger partial charge in [-0.1, -0.05) is 0 Å². The number of halogens is 1. The lowest BCUT2D eigenvalue weighted by molar-refractivity contribution is 0.0635. The van der Waals surface area contributed by atoms with Crippen LogP contribution in [0.3, 0.4) is 0 Å². The van der Waals surface area contributed by atoms with E-state index in [4.69, 9.17) is 9.84 Å². The topological polar surface area (TPSA) is 71.5 Å². The second kappa shape index (κ2) is 5.09. The van der Waals surface area contributed by atoms with Crippen molar-refractivity contribution in [3.63, 3.8) is 0 Å². The first kappa shape index (κ1) is 13.4. The number of aromatic nitrogens is 1. The average Bonchev–Trinajstić information content (AvgIpc) is 2.18. The van der Waals surface area contributed by atoms with Gasteiger partial charge in [-0.25, -0.2) is 9.18 Å². The van der Waals surface area contributed by atoms with Crippen molar-refractivity contribution in [2.45, 2.75) is 33.0 Å². The first-order valence-corrected chi connectivity index (χ1v) is 5.07. The number of rotatable bonds is 2. The fourth-order valence-electron chi connectivity index (χ4n) is 1.11. The zero-order valence-electron chi connectivity index (χ0n) is 9.95. The first-order chi connectivity index (χ1) is 7.83. The molecule has 94 valence electrons. The molecule has 0 radical (unpaired) electrons. The SMILES string of the molecule is CC(C)(C)OC(=O)Nc1ccnc(CO)c1F. The lowest BCUT2D eigenvalue weighted by Crippen LogP contribution is -2.27. The number of hydrogen-bond donors (Lipinski definition) is 2. The van der Waals surface area contributed by atoms with Crippen LogP contribution in [-0.4, -0.2) is 21.8 Å². The van der Waals surface area contributed by atoms with Crippen LogP contribution < -0.4 is 5.32 Å². The normalized spacial score (nSPS) is 11.1. The number of amides is 1. The van der Waals surface area contributed by atoms with Crippen molar-refractivity contribution in [3.8, 4) is 0 Å². The number of ether oxygens (including phenoxy) is 1. The van der Waals surface area contributed by atoms with Gasteiger partial charge in [0.25, 0.3) is 0 Å². The summed E-state index contributed by atoms with van der Waals surface area (Å²) >= 11 is 0. The van der Waals surface area contributed by atoms with E-state index in [1.54, 1.807) is 20.8 Å². The minimum atomic E-state index is -0.763. The Kier molecular flexibility index (Phi) is 4.01. The molecule has 1 heterocycles. The van der Waals surface area contributed by atoms with E-state index in [9.17, 15) is 9.18 Å². The predicted molar refractivity (Wildman–Crippen MR) is 60.0 cm³/mol. The second-order valence-corrected chi connectivity index (χ2v) is 4.40. The standard InChI is InChI=1S/C11H15FN2O3/c1-11(2,3)17-10(16)14-7-4-5-13-8(6-15)9(7)12/h4-5,15H,6H2,1-3H3,(H,13,14,16). The summed E-state index contributed by atoms with van der Waals surface area (Å²) in [5.41, 5.74) is -0.857. The first-order valence-electron chi connectivity index (χ1n) is 5.07. The highest BCUT2D eigenvalue weighted by Crippen LogP contribution is 2.17. The third kappa shape index (κ3) is 3.99. The summed E-state index contributed by atoms with van der Waals surface area (Å²) in [5.74, 6) is -0.763. The number of anilines is 1. The Morgan fingerprint density at radius 3 is 2.76 bits per heavy atom. The van der Waals surface area contributed by atoms with E-state index < -0.39 is 24.1 Å². The molecular weight excluding hydrogens is 227 g/mol.